The minimum Gasteiger partial charge on any atom is -0.303 e. The van der Waals surface area contributed by atoms with Crippen molar-refractivity contribution in [3.8, 4) is 0 Å². The number of alkyl halides is 3. The Morgan fingerprint density at radius 3 is 1.50 bits per heavy atom. The average Bonchev–Trinajstić information content (AvgIpc) is 1.72. The van der Waals surface area contributed by atoms with Crippen molar-refractivity contribution in [3.05, 3.63) is 0 Å². The molecule has 1 unspecified atom stereocenters. The second-order valence-corrected chi connectivity index (χ2v) is 6.90. The largest absolute Gasteiger partial charge is 0.472 e. The second kappa shape index (κ2) is 4.99. The number of phosphoric acid groups is 2. The van der Waals surface area contributed by atoms with Crippen molar-refractivity contribution in [1.29, 1.82) is 0 Å². The zero-order valence-electron chi connectivity index (χ0n) is 7.45. The van der Waals surface area contributed by atoms with E-state index in [1.807, 2.05) is 0 Å². The van der Waals surface area contributed by atoms with E-state index in [1.165, 1.54) is 0 Å². The van der Waals surface area contributed by atoms with Crippen LogP contribution >= 0.6 is 50.4 Å². The third-order valence-corrected chi connectivity index (χ3v) is 3.89. The SMILES string of the molecule is CC(Cl)(OP(=O)(O)O)C(Cl)(Cl)OP(=O)(O)O. The Kier molecular flexibility index (Phi) is 5.33. The Balaban J connectivity index is 4.99. The molecule has 0 aromatic rings. The van der Waals surface area contributed by atoms with Crippen molar-refractivity contribution < 1.29 is 37.8 Å². The van der Waals surface area contributed by atoms with Gasteiger partial charge in [0.1, 0.15) is 0 Å². The lowest BCUT2D eigenvalue weighted by atomic mass is 10.4. The maximum absolute atomic E-state index is 10.5. The monoisotopic (exact) mass is 338 g/mol. The minimum absolute atomic E-state index is 0.753. The first-order valence-electron chi connectivity index (χ1n) is 3.26. The molecule has 16 heavy (non-hydrogen) atoms. The highest BCUT2D eigenvalue weighted by Crippen LogP contribution is 2.56. The van der Waals surface area contributed by atoms with Crippen LogP contribution in [-0.4, -0.2) is 29.2 Å². The minimum atomic E-state index is -5.13. The van der Waals surface area contributed by atoms with Crippen LogP contribution < -0.4 is 0 Å². The van der Waals surface area contributed by atoms with Gasteiger partial charge < -0.3 is 19.6 Å². The Morgan fingerprint density at radius 1 is 0.938 bits per heavy atom. The fraction of sp³-hybridized carbons (Fsp3) is 1.00. The van der Waals surface area contributed by atoms with Crippen molar-refractivity contribution in [2.75, 3.05) is 0 Å². The first-order chi connectivity index (χ1) is 6.66. The fourth-order valence-electron chi connectivity index (χ4n) is 0.507. The zero-order valence-corrected chi connectivity index (χ0v) is 11.5. The summed E-state index contributed by atoms with van der Waals surface area (Å²) in [5.74, 6) is 0. The lowest BCUT2D eigenvalue weighted by Gasteiger charge is -2.33. The summed E-state index contributed by atoms with van der Waals surface area (Å²) in [6, 6.07) is 0. The van der Waals surface area contributed by atoms with E-state index in [4.69, 9.17) is 54.4 Å². The molecule has 0 radical (unpaired) electrons. The van der Waals surface area contributed by atoms with E-state index in [1.54, 1.807) is 0 Å². The van der Waals surface area contributed by atoms with E-state index in [0.29, 0.717) is 0 Å². The predicted octanol–water partition coefficient (Wildman–Crippen LogP) is 1.29. The molecule has 0 aliphatic rings. The Hall–Kier alpha value is 1.09. The summed E-state index contributed by atoms with van der Waals surface area (Å²) in [6.45, 7) is 0.753. The molecule has 4 N–H and O–H groups in total. The summed E-state index contributed by atoms with van der Waals surface area (Å²) in [4.78, 5) is 33.8. The molecule has 0 aliphatic carbocycles. The van der Waals surface area contributed by atoms with E-state index in [0.717, 1.165) is 6.92 Å². The molecular weight excluding hydrogens is 332 g/mol. The second-order valence-electron chi connectivity index (χ2n) is 2.60. The van der Waals surface area contributed by atoms with Gasteiger partial charge in [-0.2, -0.15) is 0 Å². The molecule has 0 bridgehead atoms. The molecule has 8 nitrogen and oxygen atoms in total. The first kappa shape index (κ1) is 17.1. The van der Waals surface area contributed by atoms with Gasteiger partial charge in [0.2, 0.25) is 5.06 Å². The van der Waals surface area contributed by atoms with Crippen molar-refractivity contribution in [1.82, 2.24) is 0 Å². The number of hydrogen-bond acceptors (Lipinski definition) is 4. The molecule has 0 amide bonds. The molecule has 0 saturated heterocycles. The van der Waals surface area contributed by atoms with Crippen LogP contribution in [0.5, 0.6) is 0 Å². The van der Waals surface area contributed by atoms with E-state index >= 15 is 0 Å². The zero-order chi connectivity index (χ0) is 13.4. The van der Waals surface area contributed by atoms with Crippen LogP contribution in [0.25, 0.3) is 0 Å². The molecule has 0 aromatic carbocycles. The van der Waals surface area contributed by atoms with Crippen molar-refractivity contribution in [2.24, 2.45) is 0 Å². The molecule has 0 heterocycles. The molecule has 98 valence electrons. The highest BCUT2D eigenvalue weighted by atomic mass is 35.5. The quantitative estimate of drug-likeness (QED) is 0.435. The molecule has 0 fully saturated rings. The summed E-state index contributed by atoms with van der Waals surface area (Å²) in [7, 11) is -10.2. The van der Waals surface area contributed by atoms with Gasteiger partial charge in [-0.1, -0.05) is 34.8 Å². The Morgan fingerprint density at radius 2 is 1.25 bits per heavy atom. The van der Waals surface area contributed by atoms with E-state index in [-0.39, 0.29) is 0 Å². The van der Waals surface area contributed by atoms with Crippen LogP contribution in [0.3, 0.4) is 0 Å². The van der Waals surface area contributed by atoms with Crippen molar-refractivity contribution >= 4 is 50.4 Å². The number of phosphoric ester groups is 2. The molecule has 0 aliphatic heterocycles. The van der Waals surface area contributed by atoms with E-state index in [2.05, 4.69) is 9.05 Å². The topological polar surface area (TPSA) is 134 Å². The maximum atomic E-state index is 10.5. The van der Waals surface area contributed by atoms with Gasteiger partial charge in [0.25, 0.3) is 4.52 Å². The van der Waals surface area contributed by atoms with Crippen LogP contribution in [-0.2, 0) is 18.2 Å². The third kappa shape index (κ3) is 6.14. The summed E-state index contributed by atoms with van der Waals surface area (Å²) < 4.78 is 25.8. The molecule has 0 saturated carbocycles. The first-order valence-corrected chi connectivity index (χ1v) is 7.45. The molecule has 0 rings (SSSR count). The van der Waals surface area contributed by atoms with Gasteiger partial charge >= 0.3 is 15.6 Å². The van der Waals surface area contributed by atoms with Gasteiger partial charge in [0.15, 0.2) is 0 Å². The maximum Gasteiger partial charge on any atom is 0.472 e. The van der Waals surface area contributed by atoms with Gasteiger partial charge in [0.05, 0.1) is 0 Å². The molecular formula is C3H7Cl3O8P2. The van der Waals surface area contributed by atoms with Crippen molar-refractivity contribution in [3.63, 3.8) is 0 Å². The molecule has 1 atom stereocenters. The van der Waals surface area contributed by atoms with Gasteiger partial charge in [-0.05, 0) is 6.92 Å². The highest BCUT2D eigenvalue weighted by Gasteiger charge is 2.54. The summed E-state index contributed by atoms with van der Waals surface area (Å²) >= 11 is 15.9. The lowest BCUT2D eigenvalue weighted by molar-refractivity contribution is 0.0158. The van der Waals surface area contributed by atoms with Crippen LogP contribution in [0.4, 0.5) is 0 Å². The summed E-state index contributed by atoms with van der Waals surface area (Å²) in [5, 5.41) is -2.59. The fourth-order valence-corrected chi connectivity index (χ4v) is 2.64. The van der Waals surface area contributed by atoms with Crippen LogP contribution in [0.2, 0.25) is 0 Å². The van der Waals surface area contributed by atoms with Crippen LogP contribution in [0.1, 0.15) is 6.92 Å². The Labute approximate surface area is 105 Å². The normalized spacial score (nSPS) is 18.2. The van der Waals surface area contributed by atoms with Gasteiger partial charge in [-0.3, -0.25) is 4.52 Å². The summed E-state index contributed by atoms with van der Waals surface area (Å²) in [5.41, 5.74) is 0. The van der Waals surface area contributed by atoms with E-state index < -0.39 is 25.2 Å². The van der Waals surface area contributed by atoms with Crippen molar-refractivity contribution in [2.45, 2.75) is 16.5 Å². The third-order valence-electron chi connectivity index (χ3n) is 1.04. The Bertz CT molecular complexity index is 308. The van der Waals surface area contributed by atoms with Crippen LogP contribution in [0.15, 0.2) is 0 Å². The molecule has 0 spiro atoms. The highest BCUT2D eigenvalue weighted by molar-refractivity contribution is 7.46. The smallest absolute Gasteiger partial charge is 0.303 e. The van der Waals surface area contributed by atoms with Gasteiger partial charge in [-0.25, -0.2) is 13.7 Å². The number of rotatable bonds is 5. The average molecular weight is 339 g/mol. The number of hydrogen-bond donors (Lipinski definition) is 4. The van der Waals surface area contributed by atoms with Gasteiger partial charge in [0, 0.05) is 0 Å². The van der Waals surface area contributed by atoms with E-state index in [9.17, 15) is 9.13 Å². The van der Waals surface area contributed by atoms with Gasteiger partial charge in [-0.15, -0.1) is 0 Å². The molecule has 13 heteroatoms. The predicted molar refractivity (Wildman–Crippen MR) is 55.0 cm³/mol. The number of halogens is 3. The molecule has 0 aromatic heterocycles. The lowest BCUT2D eigenvalue weighted by Crippen LogP contribution is -2.42. The summed E-state index contributed by atoms with van der Waals surface area (Å²) in [6.07, 6.45) is 0. The van der Waals surface area contributed by atoms with Crippen LogP contribution in [0, 0.1) is 0 Å². The standard InChI is InChI=1S/C3H7Cl3O8P2/c1-2(4,13-15(7,8)9)3(5,6)14-16(10,11)12/h1H3,(H2,7,8,9)(H2,10,11,12).